The van der Waals surface area contributed by atoms with E-state index in [0.717, 1.165) is 17.7 Å². The highest BCUT2D eigenvalue weighted by Crippen LogP contribution is 2.40. The van der Waals surface area contributed by atoms with Gasteiger partial charge in [0.15, 0.2) is 0 Å². The average Bonchev–Trinajstić information content (AvgIpc) is 3.22. The zero-order valence-electron chi connectivity index (χ0n) is 16.7. The Hall–Kier alpha value is -2.83. The van der Waals surface area contributed by atoms with Crippen LogP contribution in [0.2, 0.25) is 5.02 Å². The Balaban J connectivity index is 1.83. The number of carbonyl (C=O) groups is 2. The Morgan fingerprint density at radius 1 is 1.27 bits per heavy atom. The molecular weight excluding hydrogens is 406 g/mol. The van der Waals surface area contributed by atoms with Crippen molar-refractivity contribution < 1.29 is 24.2 Å². The van der Waals surface area contributed by atoms with Gasteiger partial charge >= 0.3 is 0 Å². The van der Waals surface area contributed by atoms with Gasteiger partial charge in [0.2, 0.25) is 0 Å². The Morgan fingerprint density at radius 3 is 2.80 bits per heavy atom. The fraction of sp³-hybridized carbons (Fsp3) is 0.304. The molecule has 2 aliphatic heterocycles. The molecule has 2 atom stereocenters. The van der Waals surface area contributed by atoms with Crippen molar-refractivity contribution in [2.75, 3.05) is 20.3 Å². The second-order valence-corrected chi connectivity index (χ2v) is 7.93. The minimum absolute atomic E-state index is 0.0466. The zero-order chi connectivity index (χ0) is 21.4. The van der Waals surface area contributed by atoms with Crippen molar-refractivity contribution in [3.8, 4) is 5.75 Å². The molecule has 1 amide bonds. The van der Waals surface area contributed by atoms with Crippen molar-refractivity contribution in [2.45, 2.75) is 25.5 Å². The Kier molecular flexibility index (Phi) is 5.54. The van der Waals surface area contributed by atoms with Crippen LogP contribution in [-0.4, -0.2) is 48.1 Å². The van der Waals surface area contributed by atoms with Crippen molar-refractivity contribution >= 4 is 29.1 Å². The van der Waals surface area contributed by atoms with Crippen LogP contribution in [0, 0.1) is 0 Å². The first-order valence-electron chi connectivity index (χ1n) is 9.73. The molecule has 0 radical (unpaired) electrons. The molecule has 0 unspecified atom stereocenters. The van der Waals surface area contributed by atoms with Gasteiger partial charge in [0, 0.05) is 30.7 Å². The number of methoxy groups -OCH3 is 1. The third kappa shape index (κ3) is 3.57. The first-order chi connectivity index (χ1) is 14.4. The summed E-state index contributed by atoms with van der Waals surface area (Å²) >= 11 is 6.16. The Morgan fingerprint density at radius 2 is 2.07 bits per heavy atom. The smallest absolute Gasteiger partial charge is 0.295 e. The number of ether oxygens (including phenoxy) is 2. The lowest BCUT2D eigenvalue weighted by Crippen LogP contribution is -2.32. The van der Waals surface area contributed by atoms with Gasteiger partial charge in [0.05, 0.1) is 18.2 Å². The number of aliphatic hydroxyl groups excluding tert-OH is 1. The van der Waals surface area contributed by atoms with E-state index in [4.69, 9.17) is 21.1 Å². The van der Waals surface area contributed by atoms with Gasteiger partial charge < -0.3 is 19.5 Å². The summed E-state index contributed by atoms with van der Waals surface area (Å²) in [4.78, 5) is 27.1. The summed E-state index contributed by atoms with van der Waals surface area (Å²) in [6.07, 6.45) is 0.777. The molecule has 4 rings (SSSR count). The van der Waals surface area contributed by atoms with E-state index >= 15 is 0 Å². The molecule has 0 saturated carbocycles. The molecule has 156 valence electrons. The van der Waals surface area contributed by atoms with Gasteiger partial charge in [-0.3, -0.25) is 9.59 Å². The van der Waals surface area contributed by atoms with E-state index in [9.17, 15) is 14.7 Å². The average molecular weight is 428 g/mol. The molecule has 2 aromatic carbocycles. The quantitative estimate of drug-likeness (QED) is 0.447. The first-order valence-corrected chi connectivity index (χ1v) is 10.1. The van der Waals surface area contributed by atoms with Crippen molar-refractivity contribution in [2.24, 2.45) is 0 Å². The topological polar surface area (TPSA) is 76.1 Å². The summed E-state index contributed by atoms with van der Waals surface area (Å²) in [6, 6.07) is 11.5. The molecule has 0 aromatic heterocycles. The number of hydrogen-bond donors (Lipinski definition) is 1. The summed E-state index contributed by atoms with van der Waals surface area (Å²) in [7, 11) is 1.53. The highest BCUT2D eigenvalue weighted by Gasteiger charge is 2.46. The van der Waals surface area contributed by atoms with E-state index in [1.165, 1.54) is 12.0 Å². The maximum atomic E-state index is 12.9. The van der Waals surface area contributed by atoms with Crippen LogP contribution in [0.5, 0.6) is 5.75 Å². The van der Waals surface area contributed by atoms with Crippen molar-refractivity contribution in [1.29, 1.82) is 0 Å². The van der Waals surface area contributed by atoms with E-state index in [1.807, 2.05) is 13.0 Å². The lowest BCUT2D eigenvalue weighted by atomic mass is 9.94. The largest absolute Gasteiger partial charge is 0.507 e. The number of amides is 1. The molecule has 30 heavy (non-hydrogen) atoms. The number of benzene rings is 2. The molecule has 0 bridgehead atoms. The lowest BCUT2D eigenvalue weighted by molar-refractivity contribution is -0.140. The number of Topliss-reactive ketones (excluding diaryl/α,β-unsaturated/α-hetero) is 1. The SMILES string of the molecule is COCCN1C(=O)C(=O)C(=C(O)c2ccc3c(c2)C[C@H](C)O3)[C@H]1c1cccc(Cl)c1. The van der Waals surface area contributed by atoms with Crippen LogP contribution in [0.4, 0.5) is 0 Å². The van der Waals surface area contributed by atoms with Gasteiger partial charge in [-0.15, -0.1) is 0 Å². The number of ketones is 1. The van der Waals surface area contributed by atoms with Crippen LogP contribution in [0.1, 0.15) is 29.7 Å². The highest BCUT2D eigenvalue weighted by molar-refractivity contribution is 6.46. The maximum absolute atomic E-state index is 12.9. The number of fused-ring (bicyclic) bond motifs is 1. The molecule has 7 heteroatoms. The number of rotatable bonds is 5. The minimum Gasteiger partial charge on any atom is -0.507 e. The van der Waals surface area contributed by atoms with Crippen molar-refractivity contribution in [3.63, 3.8) is 0 Å². The molecular formula is C23H22ClNO5. The molecule has 6 nitrogen and oxygen atoms in total. The number of halogens is 1. The fourth-order valence-electron chi connectivity index (χ4n) is 4.05. The van der Waals surface area contributed by atoms with Crippen LogP contribution >= 0.6 is 11.6 Å². The Labute approximate surface area is 179 Å². The standard InChI is InChI=1S/C23H22ClNO5/c1-13-10-16-11-15(6-7-18(16)30-13)21(26)19-20(14-4-3-5-17(24)12-14)25(8-9-29-2)23(28)22(19)27/h3-7,11-13,20,26H,8-10H2,1-2H3/t13-,20+/m0/s1. The van der Waals surface area contributed by atoms with Crippen LogP contribution in [0.15, 0.2) is 48.0 Å². The number of hydrogen-bond acceptors (Lipinski definition) is 5. The van der Waals surface area contributed by atoms with Crippen LogP contribution in [-0.2, 0) is 20.7 Å². The first kappa shape index (κ1) is 20.4. The lowest BCUT2D eigenvalue weighted by Gasteiger charge is -2.25. The summed E-state index contributed by atoms with van der Waals surface area (Å²) in [5.74, 6) is -0.832. The minimum atomic E-state index is -0.748. The van der Waals surface area contributed by atoms with Crippen LogP contribution < -0.4 is 4.74 Å². The van der Waals surface area contributed by atoms with Crippen LogP contribution in [0.25, 0.3) is 5.76 Å². The molecule has 2 aromatic rings. The molecule has 2 heterocycles. The van der Waals surface area contributed by atoms with Gasteiger partial charge in [-0.1, -0.05) is 23.7 Å². The fourth-order valence-corrected chi connectivity index (χ4v) is 4.25. The Bertz CT molecular complexity index is 1050. The molecule has 1 N–H and O–H groups in total. The van der Waals surface area contributed by atoms with E-state index in [2.05, 4.69) is 0 Å². The summed E-state index contributed by atoms with van der Waals surface area (Å²) in [5, 5.41) is 11.6. The number of aliphatic hydroxyl groups is 1. The maximum Gasteiger partial charge on any atom is 0.295 e. The summed E-state index contributed by atoms with van der Waals surface area (Å²) in [5.41, 5.74) is 2.13. The monoisotopic (exact) mass is 427 g/mol. The number of nitrogens with zero attached hydrogens (tertiary/aromatic N) is 1. The van der Waals surface area contributed by atoms with Gasteiger partial charge in [-0.05, 0) is 48.4 Å². The molecule has 0 aliphatic carbocycles. The second kappa shape index (κ2) is 8.13. The van der Waals surface area contributed by atoms with Gasteiger partial charge in [-0.2, -0.15) is 0 Å². The number of likely N-dealkylation sites (tertiary alicyclic amines) is 1. The molecule has 1 fully saturated rings. The highest BCUT2D eigenvalue weighted by atomic mass is 35.5. The van der Waals surface area contributed by atoms with Gasteiger partial charge in [-0.25, -0.2) is 0 Å². The third-order valence-electron chi connectivity index (χ3n) is 5.41. The van der Waals surface area contributed by atoms with Crippen molar-refractivity contribution in [3.05, 3.63) is 69.8 Å². The summed E-state index contributed by atoms with van der Waals surface area (Å²) < 4.78 is 10.8. The second-order valence-electron chi connectivity index (χ2n) is 7.50. The summed E-state index contributed by atoms with van der Waals surface area (Å²) in [6.45, 7) is 2.45. The van der Waals surface area contributed by atoms with Gasteiger partial charge in [0.25, 0.3) is 11.7 Å². The zero-order valence-corrected chi connectivity index (χ0v) is 17.5. The number of carbonyl (C=O) groups excluding carboxylic acids is 2. The van der Waals surface area contributed by atoms with E-state index in [-0.39, 0.29) is 30.6 Å². The van der Waals surface area contributed by atoms with Gasteiger partial charge in [0.1, 0.15) is 17.6 Å². The van der Waals surface area contributed by atoms with E-state index in [1.54, 1.807) is 36.4 Å². The normalized spacial score (nSPS) is 22.3. The molecule has 2 aliphatic rings. The van der Waals surface area contributed by atoms with E-state index < -0.39 is 17.7 Å². The van der Waals surface area contributed by atoms with Crippen molar-refractivity contribution in [1.82, 2.24) is 4.90 Å². The van der Waals surface area contributed by atoms with E-state index in [0.29, 0.717) is 16.1 Å². The van der Waals surface area contributed by atoms with Crippen LogP contribution in [0.3, 0.4) is 0 Å². The molecule has 0 spiro atoms. The predicted molar refractivity (Wildman–Crippen MR) is 113 cm³/mol. The molecule has 1 saturated heterocycles. The third-order valence-corrected chi connectivity index (χ3v) is 5.65. The predicted octanol–water partition coefficient (Wildman–Crippen LogP) is 3.73.